The van der Waals surface area contributed by atoms with E-state index in [1.54, 1.807) is 0 Å². The Hall–Kier alpha value is -1.10. The van der Waals surface area contributed by atoms with Crippen LogP contribution in [0.25, 0.3) is 0 Å². The molecule has 0 aliphatic carbocycles. The van der Waals surface area contributed by atoms with E-state index in [4.69, 9.17) is 5.11 Å². The second kappa shape index (κ2) is 8.23. The molecule has 0 aromatic carbocycles. The number of hydrogen-bond donors (Lipinski definition) is 3. The average Bonchev–Trinajstić information content (AvgIpc) is 2.16. The van der Waals surface area contributed by atoms with E-state index in [2.05, 4.69) is 10.6 Å². The lowest BCUT2D eigenvalue weighted by Gasteiger charge is -2.12. The predicted molar refractivity (Wildman–Crippen MR) is 57.6 cm³/mol. The number of nitrogens with one attached hydrogen (secondary N) is 2. The van der Waals surface area contributed by atoms with Crippen LogP contribution < -0.4 is 10.6 Å². The van der Waals surface area contributed by atoms with Gasteiger partial charge in [0.15, 0.2) is 0 Å². The normalized spacial score (nSPS) is 12.1. The van der Waals surface area contributed by atoms with Crippen LogP contribution in [0.3, 0.4) is 0 Å². The van der Waals surface area contributed by atoms with Gasteiger partial charge >= 0.3 is 5.97 Å². The lowest BCUT2D eigenvalue weighted by atomic mass is 10.1. The molecule has 0 rings (SSSR count). The largest absolute Gasteiger partial charge is 0.480 e. The van der Waals surface area contributed by atoms with Crippen LogP contribution in [0.5, 0.6) is 0 Å². The van der Waals surface area contributed by atoms with Gasteiger partial charge in [0, 0.05) is 19.5 Å². The summed E-state index contributed by atoms with van der Waals surface area (Å²) in [6, 6.07) is -0.538. The van der Waals surface area contributed by atoms with Crippen LogP contribution in [-0.2, 0) is 9.59 Å². The van der Waals surface area contributed by atoms with Crippen molar-refractivity contribution in [2.45, 2.75) is 39.2 Å². The summed E-state index contributed by atoms with van der Waals surface area (Å²) in [5.74, 6) is -0.904. The first kappa shape index (κ1) is 13.9. The maximum atomic E-state index is 11.1. The third-order valence-corrected chi connectivity index (χ3v) is 1.99. The number of amides is 1. The van der Waals surface area contributed by atoms with E-state index in [-0.39, 0.29) is 5.91 Å². The zero-order valence-electron chi connectivity index (χ0n) is 9.38. The number of carboxylic acid groups (broad SMARTS) is 1. The van der Waals surface area contributed by atoms with Crippen molar-refractivity contribution in [2.75, 3.05) is 13.1 Å². The number of carbonyl (C=O) groups excluding carboxylic acids is 1. The average molecular weight is 216 g/mol. The predicted octanol–water partition coefficient (Wildman–Crippen LogP) is 0.356. The molecule has 0 radical (unpaired) electrons. The summed E-state index contributed by atoms with van der Waals surface area (Å²) in [5.41, 5.74) is 0. The van der Waals surface area contributed by atoms with Crippen molar-refractivity contribution in [3.05, 3.63) is 0 Å². The van der Waals surface area contributed by atoms with Crippen LogP contribution in [0, 0.1) is 0 Å². The molecular formula is C10H20N2O3. The maximum Gasteiger partial charge on any atom is 0.320 e. The van der Waals surface area contributed by atoms with Crippen LogP contribution in [0.15, 0.2) is 0 Å². The Morgan fingerprint density at radius 3 is 2.47 bits per heavy atom. The Bertz CT molecular complexity index is 207. The summed E-state index contributed by atoms with van der Waals surface area (Å²) in [6.07, 6.45) is 1.72. The second-order valence-corrected chi connectivity index (χ2v) is 3.34. The molecular weight excluding hydrogens is 196 g/mol. The molecule has 0 fully saturated rings. The van der Waals surface area contributed by atoms with Crippen molar-refractivity contribution < 1.29 is 14.7 Å². The van der Waals surface area contributed by atoms with Gasteiger partial charge in [-0.25, -0.2) is 0 Å². The van der Waals surface area contributed by atoms with E-state index < -0.39 is 12.0 Å². The molecule has 1 amide bonds. The van der Waals surface area contributed by atoms with Crippen molar-refractivity contribution in [1.82, 2.24) is 10.6 Å². The number of carboxylic acids is 1. The molecule has 0 aliphatic rings. The Morgan fingerprint density at radius 1 is 1.33 bits per heavy atom. The zero-order valence-corrected chi connectivity index (χ0v) is 9.38. The first-order valence-corrected chi connectivity index (χ1v) is 5.34. The van der Waals surface area contributed by atoms with Crippen LogP contribution in [0.2, 0.25) is 0 Å². The Kier molecular flexibility index (Phi) is 7.62. The third kappa shape index (κ3) is 6.90. The number of aliphatic carboxylic acids is 1. The monoisotopic (exact) mass is 216 g/mol. The fraction of sp³-hybridized carbons (Fsp3) is 0.800. The minimum atomic E-state index is -0.854. The number of rotatable bonds is 8. The molecule has 0 heterocycles. The zero-order chi connectivity index (χ0) is 11.7. The molecule has 5 nitrogen and oxygen atoms in total. The van der Waals surface area contributed by atoms with E-state index >= 15 is 0 Å². The standard InChI is InChI=1S/C10H20N2O3/c1-3-5-8(10(14)15)12-7-6-9(13)11-4-2/h8,12H,3-7H2,1-2H3,(H,11,13)(H,14,15). The molecule has 0 saturated heterocycles. The van der Waals surface area contributed by atoms with Crippen molar-refractivity contribution in [3.63, 3.8) is 0 Å². The topological polar surface area (TPSA) is 78.4 Å². The molecule has 1 atom stereocenters. The smallest absolute Gasteiger partial charge is 0.320 e. The van der Waals surface area contributed by atoms with Gasteiger partial charge in [-0.05, 0) is 13.3 Å². The third-order valence-electron chi connectivity index (χ3n) is 1.99. The molecule has 0 aliphatic heterocycles. The summed E-state index contributed by atoms with van der Waals surface area (Å²) in [6.45, 7) is 4.79. The number of hydrogen-bond acceptors (Lipinski definition) is 3. The SMILES string of the molecule is CCCC(NCCC(=O)NCC)C(=O)O. The summed E-state index contributed by atoms with van der Waals surface area (Å²) >= 11 is 0. The molecule has 1 unspecified atom stereocenters. The fourth-order valence-corrected chi connectivity index (χ4v) is 1.25. The molecule has 88 valence electrons. The summed E-state index contributed by atoms with van der Waals surface area (Å²) < 4.78 is 0. The highest BCUT2D eigenvalue weighted by Crippen LogP contribution is 1.96. The Balaban J connectivity index is 3.70. The number of carbonyl (C=O) groups is 2. The highest BCUT2D eigenvalue weighted by Gasteiger charge is 2.15. The molecule has 0 aromatic rings. The van der Waals surface area contributed by atoms with Gasteiger partial charge in [0.05, 0.1) is 0 Å². The maximum absolute atomic E-state index is 11.1. The van der Waals surface area contributed by atoms with E-state index in [0.717, 1.165) is 6.42 Å². The van der Waals surface area contributed by atoms with Crippen molar-refractivity contribution >= 4 is 11.9 Å². The molecule has 0 bridgehead atoms. The van der Waals surface area contributed by atoms with Crippen LogP contribution in [0.4, 0.5) is 0 Å². The molecule has 0 spiro atoms. The quantitative estimate of drug-likeness (QED) is 0.547. The summed E-state index contributed by atoms with van der Waals surface area (Å²) in [7, 11) is 0. The summed E-state index contributed by atoms with van der Waals surface area (Å²) in [4.78, 5) is 21.8. The van der Waals surface area contributed by atoms with Gasteiger partial charge in [-0.1, -0.05) is 13.3 Å². The van der Waals surface area contributed by atoms with Crippen LogP contribution in [-0.4, -0.2) is 36.1 Å². The van der Waals surface area contributed by atoms with Gasteiger partial charge in [-0.2, -0.15) is 0 Å². The van der Waals surface area contributed by atoms with E-state index in [9.17, 15) is 9.59 Å². The molecule has 3 N–H and O–H groups in total. The van der Waals surface area contributed by atoms with Gasteiger partial charge in [-0.15, -0.1) is 0 Å². The van der Waals surface area contributed by atoms with Crippen LogP contribution >= 0.6 is 0 Å². The van der Waals surface area contributed by atoms with Crippen molar-refractivity contribution in [3.8, 4) is 0 Å². The lowest BCUT2D eigenvalue weighted by molar-refractivity contribution is -0.139. The van der Waals surface area contributed by atoms with E-state index in [0.29, 0.717) is 25.9 Å². The molecule has 15 heavy (non-hydrogen) atoms. The van der Waals surface area contributed by atoms with Crippen molar-refractivity contribution in [1.29, 1.82) is 0 Å². The Morgan fingerprint density at radius 2 is 2.00 bits per heavy atom. The minimum absolute atomic E-state index is 0.0503. The second-order valence-electron chi connectivity index (χ2n) is 3.34. The van der Waals surface area contributed by atoms with E-state index in [1.807, 2.05) is 13.8 Å². The van der Waals surface area contributed by atoms with Gasteiger partial charge in [-0.3, -0.25) is 9.59 Å². The van der Waals surface area contributed by atoms with Gasteiger partial charge in [0.1, 0.15) is 6.04 Å². The molecule has 0 saturated carbocycles. The lowest BCUT2D eigenvalue weighted by Crippen LogP contribution is -2.38. The van der Waals surface area contributed by atoms with E-state index in [1.165, 1.54) is 0 Å². The first-order chi connectivity index (χ1) is 7.11. The Labute approximate surface area is 90.2 Å². The van der Waals surface area contributed by atoms with Gasteiger partial charge < -0.3 is 15.7 Å². The highest BCUT2D eigenvalue weighted by atomic mass is 16.4. The minimum Gasteiger partial charge on any atom is -0.480 e. The summed E-state index contributed by atoms with van der Waals surface area (Å²) in [5, 5.41) is 14.3. The van der Waals surface area contributed by atoms with Crippen LogP contribution in [0.1, 0.15) is 33.1 Å². The first-order valence-electron chi connectivity index (χ1n) is 5.34. The molecule has 5 heteroatoms. The van der Waals surface area contributed by atoms with Gasteiger partial charge in [0.2, 0.25) is 5.91 Å². The van der Waals surface area contributed by atoms with Crippen molar-refractivity contribution in [2.24, 2.45) is 0 Å². The molecule has 0 aromatic heterocycles. The highest BCUT2D eigenvalue weighted by molar-refractivity contribution is 5.76. The fourth-order valence-electron chi connectivity index (χ4n) is 1.25. The van der Waals surface area contributed by atoms with Gasteiger partial charge in [0.25, 0.3) is 0 Å².